The summed E-state index contributed by atoms with van der Waals surface area (Å²) in [6.07, 6.45) is 0. The fraction of sp³-hybridized carbons (Fsp3) is 0.0769. The topological polar surface area (TPSA) is 84.2 Å². The van der Waals surface area contributed by atoms with Crippen molar-refractivity contribution < 1.29 is 18.0 Å². The first-order valence-corrected chi connectivity index (χ1v) is 10.3. The molecule has 0 amide bonds. The van der Waals surface area contributed by atoms with Crippen molar-refractivity contribution in [3.05, 3.63) is 102 Å². The van der Waals surface area contributed by atoms with E-state index in [-0.39, 0.29) is 29.9 Å². The molecule has 6 nitrogen and oxygen atoms in total. The Balaban J connectivity index is 1.26. The van der Waals surface area contributed by atoms with Crippen LogP contribution in [-0.2, 0) is 13.2 Å². The quantitative estimate of drug-likeness (QED) is 0.321. The van der Waals surface area contributed by atoms with Crippen LogP contribution in [-0.4, -0.2) is 4.98 Å². The number of nitrogens with zero attached hydrogens (tertiary/aromatic N) is 2. The molecule has 2 aromatic heterocycles. The number of nitriles is 1. The van der Waals surface area contributed by atoms with E-state index in [1.54, 1.807) is 24.3 Å². The van der Waals surface area contributed by atoms with E-state index < -0.39 is 0 Å². The van der Waals surface area contributed by atoms with Gasteiger partial charge in [-0.3, -0.25) is 0 Å². The normalized spacial score (nSPS) is 10.8. The van der Waals surface area contributed by atoms with Gasteiger partial charge >= 0.3 is 0 Å². The zero-order chi connectivity index (χ0) is 22.6. The second-order valence-corrected chi connectivity index (χ2v) is 7.35. The molecular formula is C26H18FN3O3. The predicted molar refractivity (Wildman–Crippen MR) is 121 cm³/mol. The van der Waals surface area contributed by atoms with E-state index in [4.69, 9.17) is 13.6 Å². The largest absolute Gasteiger partial charge is 0.486 e. The molecule has 0 aliphatic heterocycles. The van der Waals surface area contributed by atoms with E-state index in [1.165, 1.54) is 12.1 Å². The standard InChI is InChI=1S/C26H18FN3O3/c27-20-8-5-17(6-9-20)15-29-25-23(14-28)30-26(33-25)24-12-11-22(32-24)16-31-21-10-7-18-3-1-2-4-19(18)13-21/h1-13,29H,15-16H2. The summed E-state index contributed by atoms with van der Waals surface area (Å²) in [4.78, 5) is 4.21. The van der Waals surface area contributed by atoms with E-state index in [0.717, 1.165) is 22.1 Å². The Morgan fingerprint density at radius 1 is 0.939 bits per heavy atom. The number of nitrogens with one attached hydrogen (secondary N) is 1. The molecule has 0 bridgehead atoms. The third kappa shape index (κ3) is 4.55. The Morgan fingerprint density at radius 2 is 1.76 bits per heavy atom. The van der Waals surface area contributed by atoms with Crippen molar-refractivity contribution in [1.29, 1.82) is 5.26 Å². The molecule has 0 fully saturated rings. The lowest BCUT2D eigenvalue weighted by molar-refractivity contribution is 0.271. The molecule has 3 aromatic carbocycles. The number of halogens is 1. The van der Waals surface area contributed by atoms with Gasteiger partial charge in [-0.2, -0.15) is 10.2 Å². The van der Waals surface area contributed by atoms with Gasteiger partial charge in [-0.05, 0) is 52.7 Å². The van der Waals surface area contributed by atoms with Crippen molar-refractivity contribution in [3.8, 4) is 23.5 Å². The first-order chi connectivity index (χ1) is 16.2. The minimum absolute atomic E-state index is 0.109. The summed E-state index contributed by atoms with van der Waals surface area (Å²) in [5.74, 6) is 1.82. The molecule has 0 saturated heterocycles. The highest BCUT2D eigenvalue weighted by Crippen LogP contribution is 2.28. The average molecular weight is 439 g/mol. The van der Waals surface area contributed by atoms with Crippen molar-refractivity contribution in [3.63, 3.8) is 0 Å². The van der Waals surface area contributed by atoms with E-state index in [0.29, 0.717) is 18.1 Å². The highest BCUT2D eigenvalue weighted by atomic mass is 19.1. The third-order valence-electron chi connectivity index (χ3n) is 5.07. The van der Waals surface area contributed by atoms with Gasteiger partial charge in [0.1, 0.15) is 30.0 Å². The van der Waals surface area contributed by atoms with Gasteiger partial charge in [0, 0.05) is 6.54 Å². The Kier molecular flexibility index (Phi) is 5.48. The van der Waals surface area contributed by atoms with Crippen molar-refractivity contribution in [2.75, 3.05) is 5.32 Å². The summed E-state index contributed by atoms with van der Waals surface area (Å²) >= 11 is 0. The van der Waals surface area contributed by atoms with Gasteiger partial charge in [0.2, 0.25) is 11.6 Å². The highest BCUT2D eigenvalue weighted by molar-refractivity contribution is 5.83. The summed E-state index contributed by atoms with van der Waals surface area (Å²) < 4.78 is 30.4. The molecule has 0 radical (unpaired) electrons. The van der Waals surface area contributed by atoms with E-state index in [2.05, 4.69) is 10.3 Å². The predicted octanol–water partition coefficient (Wildman–Crippen LogP) is 6.29. The SMILES string of the molecule is N#Cc1nc(-c2ccc(COc3ccc4ccccc4c3)o2)oc1NCc1ccc(F)cc1. The van der Waals surface area contributed by atoms with Crippen LogP contribution in [0.15, 0.2) is 87.7 Å². The van der Waals surface area contributed by atoms with Crippen molar-refractivity contribution in [2.45, 2.75) is 13.2 Å². The number of aromatic nitrogens is 1. The second kappa shape index (κ2) is 8.89. The number of furan rings is 1. The fourth-order valence-corrected chi connectivity index (χ4v) is 3.39. The van der Waals surface area contributed by atoms with Crippen LogP contribution in [0.5, 0.6) is 5.75 Å². The van der Waals surface area contributed by atoms with Crippen LogP contribution < -0.4 is 10.1 Å². The van der Waals surface area contributed by atoms with Gasteiger partial charge in [0.25, 0.3) is 5.89 Å². The summed E-state index contributed by atoms with van der Waals surface area (Å²) in [6, 6.07) is 25.5. The van der Waals surface area contributed by atoms with Gasteiger partial charge in [-0.1, -0.05) is 42.5 Å². The Labute approximate surface area is 188 Å². The number of fused-ring (bicyclic) bond motifs is 1. The van der Waals surface area contributed by atoms with Crippen molar-refractivity contribution in [1.82, 2.24) is 4.98 Å². The van der Waals surface area contributed by atoms with Crippen molar-refractivity contribution >= 4 is 16.7 Å². The summed E-state index contributed by atoms with van der Waals surface area (Å²) in [6.45, 7) is 0.590. The molecule has 7 heteroatoms. The van der Waals surface area contributed by atoms with Crippen molar-refractivity contribution in [2.24, 2.45) is 0 Å². The molecule has 5 rings (SSSR count). The minimum atomic E-state index is -0.309. The fourth-order valence-electron chi connectivity index (χ4n) is 3.39. The molecule has 0 unspecified atom stereocenters. The smallest absolute Gasteiger partial charge is 0.266 e. The monoisotopic (exact) mass is 439 g/mol. The molecule has 2 heterocycles. The number of ether oxygens (including phenoxy) is 1. The van der Waals surface area contributed by atoms with Crippen LogP contribution in [0.25, 0.3) is 22.4 Å². The maximum atomic E-state index is 13.1. The van der Waals surface area contributed by atoms with E-state index in [9.17, 15) is 9.65 Å². The zero-order valence-electron chi connectivity index (χ0n) is 17.4. The number of oxazole rings is 1. The highest BCUT2D eigenvalue weighted by Gasteiger charge is 2.17. The molecule has 0 aliphatic rings. The number of anilines is 1. The number of hydrogen-bond acceptors (Lipinski definition) is 6. The van der Waals surface area contributed by atoms with Gasteiger partial charge in [-0.15, -0.1) is 0 Å². The zero-order valence-corrected chi connectivity index (χ0v) is 17.4. The molecule has 162 valence electrons. The van der Waals surface area contributed by atoms with Crippen LogP contribution in [0.1, 0.15) is 17.0 Å². The lowest BCUT2D eigenvalue weighted by atomic mass is 10.1. The van der Waals surface area contributed by atoms with Crippen LogP contribution in [0.4, 0.5) is 10.3 Å². The summed E-state index contributed by atoms with van der Waals surface area (Å²) in [7, 11) is 0. The maximum Gasteiger partial charge on any atom is 0.266 e. The Bertz CT molecular complexity index is 1450. The number of hydrogen-bond donors (Lipinski definition) is 1. The number of rotatable bonds is 7. The second-order valence-electron chi connectivity index (χ2n) is 7.35. The van der Waals surface area contributed by atoms with Gasteiger partial charge in [-0.25, -0.2) is 4.39 Å². The summed E-state index contributed by atoms with van der Waals surface area (Å²) in [5.41, 5.74) is 0.946. The van der Waals surface area contributed by atoms with Gasteiger partial charge in [0.05, 0.1) is 0 Å². The lowest BCUT2D eigenvalue weighted by Gasteiger charge is -2.05. The summed E-state index contributed by atoms with van der Waals surface area (Å²) in [5, 5.41) is 14.6. The van der Waals surface area contributed by atoms with Crippen LogP contribution in [0.2, 0.25) is 0 Å². The van der Waals surface area contributed by atoms with E-state index >= 15 is 0 Å². The molecule has 5 aromatic rings. The molecule has 0 spiro atoms. The van der Waals surface area contributed by atoms with Crippen LogP contribution >= 0.6 is 0 Å². The molecule has 1 N–H and O–H groups in total. The number of benzene rings is 3. The average Bonchev–Trinajstić information content (AvgIpc) is 3.49. The molecular weight excluding hydrogens is 421 g/mol. The molecule has 0 aliphatic carbocycles. The van der Waals surface area contributed by atoms with Crippen LogP contribution in [0, 0.1) is 17.1 Å². The maximum absolute atomic E-state index is 13.1. The minimum Gasteiger partial charge on any atom is -0.486 e. The Hall–Kier alpha value is -4.57. The lowest BCUT2D eigenvalue weighted by Crippen LogP contribution is -1.99. The van der Waals surface area contributed by atoms with Crippen LogP contribution in [0.3, 0.4) is 0 Å². The molecule has 33 heavy (non-hydrogen) atoms. The van der Waals surface area contributed by atoms with E-state index in [1.807, 2.05) is 48.5 Å². The first kappa shape index (κ1) is 20.3. The molecule has 0 saturated carbocycles. The van der Waals surface area contributed by atoms with Gasteiger partial charge < -0.3 is 18.9 Å². The molecule has 0 atom stereocenters. The first-order valence-electron chi connectivity index (χ1n) is 10.3. The third-order valence-corrected chi connectivity index (χ3v) is 5.07. The van der Waals surface area contributed by atoms with Gasteiger partial charge in [0.15, 0.2) is 5.76 Å². The Morgan fingerprint density at radius 3 is 2.58 bits per heavy atom.